The van der Waals surface area contributed by atoms with Gasteiger partial charge >= 0.3 is 18.2 Å². The van der Waals surface area contributed by atoms with E-state index < -0.39 is 30.4 Å². The molecule has 0 saturated heterocycles. The van der Waals surface area contributed by atoms with Gasteiger partial charge in [0.1, 0.15) is 5.60 Å². The number of ether oxygens (including phenoxy) is 2. The number of unbranched alkanes of at least 4 members (excludes halogenated alkanes) is 1. The van der Waals surface area contributed by atoms with Gasteiger partial charge in [0, 0.05) is 25.7 Å². The smallest absolute Gasteiger partial charge is 0.407 e. The molecule has 0 aliphatic heterocycles. The Kier molecular flexibility index (Phi) is 12.9. The number of nitrogens with one attached hydrogen (secondary N) is 2. The van der Waals surface area contributed by atoms with E-state index in [2.05, 4.69) is 32.4 Å². The average Bonchev–Trinajstić information content (AvgIpc) is 2.73. The van der Waals surface area contributed by atoms with Crippen LogP contribution < -0.4 is 10.6 Å². The van der Waals surface area contributed by atoms with Crippen LogP contribution in [0.1, 0.15) is 58.9 Å². The van der Waals surface area contributed by atoms with Gasteiger partial charge in [-0.2, -0.15) is 0 Å². The van der Waals surface area contributed by atoms with Crippen LogP contribution >= 0.6 is 0 Å². The number of carboxylic acids is 1. The van der Waals surface area contributed by atoms with Crippen molar-refractivity contribution in [3.8, 4) is 0 Å². The zero-order valence-corrected chi connectivity index (χ0v) is 20.3. The van der Waals surface area contributed by atoms with Gasteiger partial charge in [0.2, 0.25) is 0 Å². The number of carbonyl (C=O) groups is 3. The molecule has 1 aromatic carbocycles. The molecule has 1 rings (SSSR count). The van der Waals surface area contributed by atoms with Gasteiger partial charge in [-0.1, -0.05) is 37.3 Å². The molecule has 0 bridgehead atoms. The highest BCUT2D eigenvalue weighted by Gasteiger charge is 2.19. The van der Waals surface area contributed by atoms with Crippen LogP contribution in [0.4, 0.5) is 9.59 Å². The molecule has 0 aromatic heterocycles. The highest BCUT2D eigenvalue weighted by Crippen LogP contribution is 2.11. The second kappa shape index (κ2) is 15.1. The molecule has 0 heterocycles. The first-order valence-electron chi connectivity index (χ1n) is 11.5. The first-order chi connectivity index (χ1) is 15.6. The van der Waals surface area contributed by atoms with E-state index in [4.69, 9.17) is 9.84 Å². The summed E-state index contributed by atoms with van der Waals surface area (Å²) in [5.41, 5.74) is 0.677. The molecule has 3 N–H and O–H groups in total. The van der Waals surface area contributed by atoms with Crippen LogP contribution in [0.15, 0.2) is 30.3 Å². The molecule has 0 saturated carbocycles. The molecule has 9 heteroatoms. The number of amides is 2. The molecule has 0 radical (unpaired) electrons. The fraction of sp³-hybridized carbons (Fsp3) is 0.625. The van der Waals surface area contributed by atoms with Crippen LogP contribution in [-0.4, -0.2) is 66.0 Å². The molecule has 1 aromatic rings. The predicted octanol–water partition coefficient (Wildman–Crippen LogP) is 3.77. The molecule has 0 fully saturated rings. The van der Waals surface area contributed by atoms with Crippen molar-refractivity contribution in [3.63, 3.8) is 0 Å². The SMILES string of the molecule is CCC(CCN(CCCCNC(=O)OCC(=O)O)Cc1ccccc1)NC(=O)OC(C)(C)C. The molecule has 186 valence electrons. The number of rotatable bonds is 14. The topological polar surface area (TPSA) is 117 Å². The summed E-state index contributed by atoms with van der Waals surface area (Å²) in [5.74, 6) is -1.19. The maximum Gasteiger partial charge on any atom is 0.407 e. The molecule has 33 heavy (non-hydrogen) atoms. The van der Waals surface area contributed by atoms with Gasteiger partial charge in [-0.15, -0.1) is 0 Å². The van der Waals surface area contributed by atoms with E-state index in [-0.39, 0.29) is 6.04 Å². The van der Waals surface area contributed by atoms with Crippen LogP contribution in [0.2, 0.25) is 0 Å². The Morgan fingerprint density at radius 3 is 2.36 bits per heavy atom. The molecule has 0 aliphatic rings. The van der Waals surface area contributed by atoms with E-state index in [0.29, 0.717) is 6.54 Å². The first-order valence-corrected chi connectivity index (χ1v) is 11.5. The highest BCUT2D eigenvalue weighted by molar-refractivity contribution is 5.74. The van der Waals surface area contributed by atoms with Crippen molar-refractivity contribution in [2.24, 2.45) is 0 Å². The Morgan fingerprint density at radius 1 is 1.06 bits per heavy atom. The van der Waals surface area contributed by atoms with E-state index in [1.54, 1.807) is 0 Å². The summed E-state index contributed by atoms with van der Waals surface area (Å²) in [5, 5.41) is 14.0. The molecule has 9 nitrogen and oxygen atoms in total. The van der Waals surface area contributed by atoms with E-state index in [9.17, 15) is 14.4 Å². The van der Waals surface area contributed by atoms with E-state index in [0.717, 1.165) is 45.3 Å². The Morgan fingerprint density at radius 2 is 1.76 bits per heavy atom. The van der Waals surface area contributed by atoms with Gasteiger partial charge in [-0.05, 0) is 58.6 Å². The maximum absolute atomic E-state index is 12.1. The second-order valence-corrected chi connectivity index (χ2v) is 8.91. The monoisotopic (exact) mass is 465 g/mol. The number of alkyl carbamates (subject to hydrolysis) is 2. The number of aliphatic carboxylic acids is 1. The maximum atomic E-state index is 12.1. The minimum atomic E-state index is -1.19. The largest absolute Gasteiger partial charge is 0.479 e. The van der Waals surface area contributed by atoms with E-state index >= 15 is 0 Å². The van der Waals surface area contributed by atoms with Gasteiger partial charge in [0.05, 0.1) is 0 Å². The lowest BCUT2D eigenvalue weighted by atomic mass is 10.1. The third-order valence-corrected chi connectivity index (χ3v) is 4.75. The van der Waals surface area contributed by atoms with Crippen molar-refractivity contribution >= 4 is 18.2 Å². The zero-order valence-electron chi connectivity index (χ0n) is 20.3. The Bertz CT molecular complexity index is 721. The fourth-order valence-electron chi connectivity index (χ4n) is 3.13. The third-order valence-electron chi connectivity index (χ3n) is 4.75. The number of carbonyl (C=O) groups excluding carboxylic acids is 2. The Labute approximate surface area is 196 Å². The average molecular weight is 466 g/mol. The summed E-state index contributed by atoms with van der Waals surface area (Å²) in [4.78, 5) is 36.3. The summed E-state index contributed by atoms with van der Waals surface area (Å²) in [6.07, 6.45) is 2.06. The number of hydrogen-bond acceptors (Lipinski definition) is 6. The van der Waals surface area contributed by atoms with Gasteiger partial charge in [-0.3, -0.25) is 4.90 Å². The Hall–Kier alpha value is -2.81. The van der Waals surface area contributed by atoms with Crippen LogP contribution in [0.5, 0.6) is 0 Å². The van der Waals surface area contributed by atoms with Crippen LogP contribution in [0, 0.1) is 0 Å². The van der Waals surface area contributed by atoms with Gasteiger partial charge in [0.15, 0.2) is 6.61 Å². The summed E-state index contributed by atoms with van der Waals surface area (Å²) >= 11 is 0. The van der Waals surface area contributed by atoms with Crippen LogP contribution in [-0.2, 0) is 20.8 Å². The summed E-state index contributed by atoms with van der Waals surface area (Å²) in [6, 6.07) is 10.2. The van der Waals surface area contributed by atoms with Gasteiger partial charge < -0.3 is 25.2 Å². The quantitative estimate of drug-likeness (QED) is 0.358. The number of benzene rings is 1. The summed E-state index contributed by atoms with van der Waals surface area (Å²) in [6.45, 7) is 9.75. The number of carboxylic acid groups (broad SMARTS) is 1. The number of hydrogen-bond donors (Lipinski definition) is 3. The van der Waals surface area contributed by atoms with E-state index in [1.807, 2.05) is 45.9 Å². The molecule has 2 amide bonds. The molecular weight excluding hydrogens is 426 g/mol. The molecule has 0 spiro atoms. The summed E-state index contributed by atoms with van der Waals surface area (Å²) < 4.78 is 9.92. The lowest BCUT2D eigenvalue weighted by molar-refractivity contribution is -0.140. The zero-order chi connectivity index (χ0) is 24.7. The molecular formula is C24H39N3O6. The minimum absolute atomic E-state index is 0.0174. The third kappa shape index (κ3) is 14.8. The van der Waals surface area contributed by atoms with Crippen LogP contribution in [0.25, 0.3) is 0 Å². The molecule has 1 atom stereocenters. The van der Waals surface area contributed by atoms with E-state index in [1.165, 1.54) is 5.56 Å². The Balaban J connectivity index is 2.50. The van der Waals surface area contributed by atoms with Crippen molar-refractivity contribution in [2.45, 2.75) is 71.6 Å². The van der Waals surface area contributed by atoms with Crippen molar-refractivity contribution < 1.29 is 29.0 Å². The van der Waals surface area contributed by atoms with Crippen molar-refractivity contribution in [3.05, 3.63) is 35.9 Å². The lowest BCUT2D eigenvalue weighted by Crippen LogP contribution is -2.40. The minimum Gasteiger partial charge on any atom is -0.479 e. The van der Waals surface area contributed by atoms with Crippen molar-refractivity contribution in [2.75, 3.05) is 26.2 Å². The highest BCUT2D eigenvalue weighted by atomic mass is 16.6. The standard InChI is InChI=1S/C24H39N3O6/c1-5-20(26-23(31)33-24(2,3)4)13-16-27(17-19-11-7-6-8-12-19)15-10-9-14-25-22(30)32-18-21(28)29/h6-8,11-12,20H,5,9-10,13-18H2,1-4H3,(H,25,30)(H,26,31)(H,28,29). The first kappa shape index (κ1) is 28.2. The normalized spacial score (nSPS) is 12.2. The van der Waals surface area contributed by atoms with Gasteiger partial charge in [-0.25, -0.2) is 14.4 Å². The number of nitrogens with zero attached hydrogens (tertiary/aromatic N) is 1. The lowest BCUT2D eigenvalue weighted by Gasteiger charge is -2.26. The van der Waals surface area contributed by atoms with Crippen LogP contribution in [0.3, 0.4) is 0 Å². The second-order valence-electron chi connectivity index (χ2n) is 8.91. The summed E-state index contributed by atoms with van der Waals surface area (Å²) in [7, 11) is 0. The van der Waals surface area contributed by atoms with Crippen molar-refractivity contribution in [1.29, 1.82) is 0 Å². The predicted molar refractivity (Wildman–Crippen MR) is 126 cm³/mol. The molecule has 1 unspecified atom stereocenters. The van der Waals surface area contributed by atoms with Crippen molar-refractivity contribution in [1.82, 2.24) is 15.5 Å². The molecule has 0 aliphatic carbocycles. The van der Waals surface area contributed by atoms with Gasteiger partial charge in [0.25, 0.3) is 0 Å². The fourth-order valence-corrected chi connectivity index (χ4v) is 3.13.